The number of hydrogen-bond acceptors (Lipinski definition) is 6. The molecule has 3 aromatic rings. The Morgan fingerprint density at radius 2 is 1.82 bits per heavy atom. The average molecular weight is 419 g/mol. The van der Waals surface area contributed by atoms with E-state index in [1.165, 1.54) is 25.3 Å². The van der Waals surface area contributed by atoms with Gasteiger partial charge in [0, 0.05) is 10.7 Å². The first kappa shape index (κ1) is 19.7. The summed E-state index contributed by atoms with van der Waals surface area (Å²) in [6.45, 7) is 1.47. The summed E-state index contributed by atoms with van der Waals surface area (Å²) in [5.41, 5.74) is 0.538. The largest absolute Gasteiger partial charge is 0.459 e. The molecule has 7 nitrogen and oxygen atoms in total. The smallest absolute Gasteiger partial charge is 0.349 e. The van der Waals surface area contributed by atoms with E-state index in [1.54, 1.807) is 36.4 Å². The van der Waals surface area contributed by atoms with Crippen LogP contribution in [-0.2, 0) is 9.53 Å². The lowest BCUT2D eigenvalue weighted by Gasteiger charge is -2.13. The normalized spacial score (nSPS) is 11.5. The highest BCUT2D eigenvalue weighted by molar-refractivity contribution is 7.18. The van der Waals surface area contributed by atoms with Gasteiger partial charge in [-0.2, -0.15) is 0 Å². The van der Waals surface area contributed by atoms with Crippen LogP contribution < -0.4 is 10.6 Å². The van der Waals surface area contributed by atoms with Gasteiger partial charge >= 0.3 is 5.97 Å². The predicted molar refractivity (Wildman–Crippen MR) is 106 cm³/mol. The van der Waals surface area contributed by atoms with Crippen LogP contribution in [0.4, 0.5) is 10.7 Å². The molecule has 0 bridgehead atoms. The highest BCUT2D eigenvalue weighted by Crippen LogP contribution is 2.24. The summed E-state index contributed by atoms with van der Waals surface area (Å²) in [7, 11) is 0. The van der Waals surface area contributed by atoms with Gasteiger partial charge in [-0.25, -0.2) is 4.79 Å². The van der Waals surface area contributed by atoms with E-state index in [0.717, 1.165) is 11.3 Å². The van der Waals surface area contributed by atoms with Crippen molar-refractivity contribution < 1.29 is 23.5 Å². The maximum Gasteiger partial charge on any atom is 0.349 e. The van der Waals surface area contributed by atoms with Crippen LogP contribution in [0.1, 0.15) is 27.2 Å². The first-order valence-electron chi connectivity index (χ1n) is 8.14. The lowest BCUT2D eigenvalue weighted by atomic mass is 10.3. The molecular weight excluding hydrogens is 404 g/mol. The Hall–Kier alpha value is -3.10. The molecule has 28 heavy (non-hydrogen) atoms. The van der Waals surface area contributed by atoms with E-state index >= 15 is 0 Å². The van der Waals surface area contributed by atoms with Gasteiger partial charge < -0.3 is 19.8 Å². The van der Waals surface area contributed by atoms with Gasteiger partial charge in [-0.1, -0.05) is 11.6 Å². The molecule has 1 unspecified atom stereocenters. The summed E-state index contributed by atoms with van der Waals surface area (Å²) in [5.74, 6) is -1.41. The Balaban J connectivity index is 1.55. The second-order valence-corrected chi connectivity index (χ2v) is 7.16. The first-order chi connectivity index (χ1) is 13.4. The molecule has 2 heterocycles. The van der Waals surface area contributed by atoms with E-state index in [2.05, 4.69) is 10.6 Å². The zero-order valence-electron chi connectivity index (χ0n) is 14.6. The fourth-order valence-electron chi connectivity index (χ4n) is 2.15. The number of furan rings is 1. The van der Waals surface area contributed by atoms with Crippen molar-refractivity contribution in [3.8, 4) is 0 Å². The van der Waals surface area contributed by atoms with Crippen LogP contribution in [0.2, 0.25) is 5.02 Å². The topological polar surface area (TPSA) is 97.6 Å². The Morgan fingerprint density at radius 1 is 1.07 bits per heavy atom. The number of amides is 2. The van der Waals surface area contributed by atoms with Crippen LogP contribution in [-0.4, -0.2) is 23.9 Å². The van der Waals surface area contributed by atoms with E-state index in [9.17, 15) is 14.4 Å². The van der Waals surface area contributed by atoms with Crippen molar-refractivity contribution in [3.05, 3.63) is 70.5 Å². The van der Waals surface area contributed by atoms with Crippen LogP contribution in [0.5, 0.6) is 0 Å². The number of esters is 1. The number of halogens is 1. The van der Waals surface area contributed by atoms with Crippen molar-refractivity contribution in [2.24, 2.45) is 0 Å². The molecule has 0 aliphatic carbocycles. The molecule has 3 rings (SSSR count). The molecule has 2 amide bonds. The van der Waals surface area contributed by atoms with Gasteiger partial charge in [-0.15, -0.1) is 11.3 Å². The van der Waals surface area contributed by atoms with Crippen molar-refractivity contribution in [1.82, 2.24) is 0 Å². The highest BCUT2D eigenvalue weighted by atomic mass is 35.5. The maximum absolute atomic E-state index is 12.2. The standard InChI is InChI=1S/C19H15ClN2O5S/c1-11(17(23)21-13-6-4-12(20)5-7-13)27-19(25)15-8-9-16(28-15)22-18(24)14-3-2-10-26-14/h2-11H,1H3,(H,21,23)(H,22,24). The Bertz CT molecular complexity index is 982. The fraction of sp³-hybridized carbons (Fsp3) is 0.105. The van der Waals surface area contributed by atoms with Crippen molar-refractivity contribution in [2.45, 2.75) is 13.0 Å². The van der Waals surface area contributed by atoms with Crippen molar-refractivity contribution in [3.63, 3.8) is 0 Å². The Morgan fingerprint density at radius 3 is 2.50 bits per heavy atom. The minimum absolute atomic E-state index is 0.157. The third-order valence-electron chi connectivity index (χ3n) is 3.55. The molecule has 9 heteroatoms. The lowest BCUT2D eigenvalue weighted by Crippen LogP contribution is -2.29. The van der Waals surface area contributed by atoms with Gasteiger partial charge in [0.05, 0.1) is 11.3 Å². The number of carbonyl (C=O) groups is 3. The highest BCUT2D eigenvalue weighted by Gasteiger charge is 2.21. The first-order valence-corrected chi connectivity index (χ1v) is 9.34. The number of nitrogens with one attached hydrogen (secondary N) is 2. The summed E-state index contributed by atoms with van der Waals surface area (Å²) >= 11 is 6.83. The Labute approximate surface area is 169 Å². The van der Waals surface area contributed by atoms with Gasteiger partial charge in [-0.05, 0) is 55.5 Å². The zero-order chi connectivity index (χ0) is 20.1. The molecule has 2 N–H and O–H groups in total. The monoisotopic (exact) mass is 418 g/mol. The number of rotatable bonds is 6. The quantitative estimate of drug-likeness (QED) is 0.577. The summed E-state index contributed by atoms with van der Waals surface area (Å²) in [5, 5.41) is 6.25. The third kappa shape index (κ3) is 4.99. The molecule has 0 aliphatic rings. The molecular formula is C19H15ClN2O5S. The van der Waals surface area contributed by atoms with E-state index in [4.69, 9.17) is 20.8 Å². The average Bonchev–Trinajstić information content (AvgIpc) is 3.35. The van der Waals surface area contributed by atoms with E-state index in [1.807, 2.05) is 0 Å². The lowest BCUT2D eigenvalue weighted by molar-refractivity contribution is -0.123. The molecule has 0 aliphatic heterocycles. The van der Waals surface area contributed by atoms with Gasteiger partial charge in [0.25, 0.3) is 11.8 Å². The van der Waals surface area contributed by atoms with Gasteiger partial charge in [-0.3, -0.25) is 9.59 Å². The maximum atomic E-state index is 12.2. The number of ether oxygens (including phenoxy) is 1. The summed E-state index contributed by atoms with van der Waals surface area (Å²) in [6.07, 6.45) is 0.384. The number of hydrogen-bond donors (Lipinski definition) is 2. The summed E-state index contributed by atoms with van der Waals surface area (Å²) in [6, 6.07) is 12.8. The predicted octanol–water partition coefficient (Wildman–Crippen LogP) is 4.43. The van der Waals surface area contributed by atoms with E-state index < -0.39 is 23.9 Å². The molecule has 0 radical (unpaired) electrons. The van der Waals surface area contributed by atoms with Crippen LogP contribution in [0.15, 0.2) is 59.2 Å². The Kier molecular flexibility index (Phi) is 6.13. The molecule has 0 spiro atoms. The fourth-order valence-corrected chi connectivity index (χ4v) is 3.06. The molecule has 144 valence electrons. The third-order valence-corrected chi connectivity index (χ3v) is 4.79. The van der Waals surface area contributed by atoms with Crippen LogP contribution in [0.25, 0.3) is 0 Å². The van der Waals surface area contributed by atoms with Crippen molar-refractivity contribution in [2.75, 3.05) is 10.6 Å². The van der Waals surface area contributed by atoms with Crippen molar-refractivity contribution in [1.29, 1.82) is 0 Å². The van der Waals surface area contributed by atoms with Crippen LogP contribution in [0, 0.1) is 0 Å². The SMILES string of the molecule is CC(OC(=O)c1ccc(NC(=O)c2ccco2)s1)C(=O)Nc1ccc(Cl)cc1. The molecule has 0 saturated carbocycles. The minimum atomic E-state index is -1.01. The number of carbonyl (C=O) groups excluding carboxylic acids is 3. The van der Waals surface area contributed by atoms with Crippen LogP contribution in [0.3, 0.4) is 0 Å². The van der Waals surface area contributed by atoms with Gasteiger partial charge in [0.15, 0.2) is 11.9 Å². The summed E-state index contributed by atoms with van der Waals surface area (Å²) in [4.78, 5) is 36.6. The second kappa shape index (κ2) is 8.73. The minimum Gasteiger partial charge on any atom is -0.459 e. The number of thiophene rings is 1. The molecule has 2 aromatic heterocycles. The molecule has 0 fully saturated rings. The van der Waals surface area contributed by atoms with E-state index in [-0.39, 0.29) is 10.6 Å². The number of benzene rings is 1. The molecule has 0 saturated heterocycles. The second-order valence-electron chi connectivity index (χ2n) is 5.64. The molecule has 1 atom stereocenters. The summed E-state index contributed by atoms with van der Waals surface area (Å²) < 4.78 is 10.2. The van der Waals surface area contributed by atoms with Crippen molar-refractivity contribution >= 4 is 51.4 Å². The number of anilines is 2. The van der Waals surface area contributed by atoms with Gasteiger partial charge in [0.2, 0.25) is 0 Å². The molecule has 1 aromatic carbocycles. The van der Waals surface area contributed by atoms with E-state index in [0.29, 0.717) is 15.7 Å². The van der Waals surface area contributed by atoms with Gasteiger partial charge in [0.1, 0.15) is 4.88 Å². The van der Waals surface area contributed by atoms with Crippen LogP contribution >= 0.6 is 22.9 Å². The zero-order valence-corrected chi connectivity index (χ0v) is 16.2.